The number of pyridine rings is 1. The van der Waals surface area contributed by atoms with E-state index in [9.17, 15) is 13.2 Å². The molecule has 1 saturated heterocycles. The van der Waals surface area contributed by atoms with Crippen LogP contribution in [0.5, 0.6) is 0 Å². The average molecular weight is 418 g/mol. The second-order valence-corrected chi connectivity index (χ2v) is 9.18. The number of benzene rings is 1. The zero-order valence-electron chi connectivity index (χ0n) is 16.8. The standard InChI is InChI=1S/C20H27N5O3S/c1-23(2)18-7-5-6-17(16-18)20(26)22-10-15-29(27,28)25-13-11-24(12-14-25)19-8-3-4-9-21-19/h3-9,16H,10-15H2,1-2H3,(H,22,26). The van der Waals surface area contributed by atoms with Gasteiger partial charge >= 0.3 is 0 Å². The number of nitrogens with one attached hydrogen (secondary N) is 1. The Balaban J connectivity index is 1.49. The first-order valence-electron chi connectivity index (χ1n) is 9.56. The highest BCUT2D eigenvalue weighted by Crippen LogP contribution is 2.15. The van der Waals surface area contributed by atoms with E-state index < -0.39 is 10.0 Å². The predicted molar refractivity (Wildman–Crippen MR) is 115 cm³/mol. The molecule has 0 atom stereocenters. The van der Waals surface area contributed by atoms with Crippen LogP contribution in [0.4, 0.5) is 11.5 Å². The molecular weight excluding hydrogens is 390 g/mol. The third kappa shape index (κ3) is 5.45. The quantitative estimate of drug-likeness (QED) is 0.724. The summed E-state index contributed by atoms with van der Waals surface area (Å²) in [5, 5.41) is 2.71. The molecule has 1 fully saturated rings. The number of rotatable bonds is 7. The van der Waals surface area contributed by atoms with Gasteiger partial charge in [0, 0.05) is 64.3 Å². The molecule has 1 aromatic heterocycles. The summed E-state index contributed by atoms with van der Waals surface area (Å²) in [5.74, 6) is 0.469. The van der Waals surface area contributed by atoms with Crippen LogP contribution in [0.1, 0.15) is 10.4 Å². The van der Waals surface area contributed by atoms with Gasteiger partial charge in [0.1, 0.15) is 5.82 Å². The molecule has 0 aliphatic carbocycles. The van der Waals surface area contributed by atoms with Crippen molar-refractivity contribution in [1.82, 2.24) is 14.6 Å². The Bertz CT molecular complexity index is 926. The summed E-state index contributed by atoms with van der Waals surface area (Å²) in [6, 6.07) is 12.9. The van der Waals surface area contributed by atoms with Crippen LogP contribution in [0.15, 0.2) is 48.7 Å². The number of sulfonamides is 1. The van der Waals surface area contributed by atoms with E-state index in [1.165, 1.54) is 4.31 Å². The highest BCUT2D eigenvalue weighted by Gasteiger charge is 2.27. The molecule has 2 aromatic rings. The first-order valence-corrected chi connectivity index (χ1v) is 11.2. The normalized spacial score (nSPS) is 15.2. The lowest BCUT2D eigenvalue weighted by Crippen LogP contribution is -2.50. The SMILES string of the molecule is CN(C)c1cccc(C(=O)NCCS(=O)(=O)N2CCN(c3ccccn3)CC2)c1. The highest BCUT2D eigenvalue weighted by molar-refractivity contribution is 7.89. The summed E-state index contributed by atoms with van der Waals surface area (Å²) in [5.41, 5.74) is 1.42. The molecule has 3 rings (SSSR count). The maximum Gasteiger partial charge on any atom is 0.251 e. The Labute approximate surface area is 172 Å². The van der Waals surface area contributed by atoms with Gasteiger partial charge in [0.05, 0.1) is 5.75 Å². The largest absolute Gasteiger partial charge is 0.378 e. The van der Waals surface area contributed by atoms with Crippen LogP contribution in [0.2, 0.25) is 0 Å². The van der Waals surface area contributed by atoms with Crippen molar-refractivity contribution in [1.29, 1.82) is 0 Å². The summed E-state index contributed by atoms with van der Waals surface area (Å²) in [4.78, 5) is 20.6. The maximum atomic E-state index is 12.6. The van der Waals surface area contributed by atoms with Gasteiger partial charge in [-0.1, -0.05) is 12.1 Å². The number of piperazine rings is 1. The van der Waals surface area contributed by atoms with Gasteiger partial charge in [-0.25, -0.2) is 13.4 Å². The number of hydrogen-bond donors (Lipinski definition) is 1. The molecule has 156 valence electrons. The second-order valence-electron chi connectivity index (χ2n) is 7.09. The Morgan fingerprint density at radius 3 is 2.52 bits per heavy atom. The minimum Gasteiger partial charge on any atom is -0.378 e. The molecular formula is C20H27N5O3S. The van der Waals surface area contributed by atoms with Crippen LogP contribution in [0, 0.1) is 0 Å². The number of carbonyl (C=O) groups excluding carboxylic acids is 1. The molecule has 9 heteroatoms. The number of aromatic nitrogens is 1. The van der Waals surface area contributed by atoms with Crippen molar-refractivity contribution in [2.45, 2.75) is 0 Å². The third-order valence-electron chi connectivity index (χ3n) is 4.88. The number of amides is 1. The van der Waals surface area contributed by atoms with Crippen molar-refractivity contribution < 1.29 is 13.2 Å². The molecule has 0 saturated carbocycles. The molecule has 0 spiro atoms. The van der Waals surface area contributed by atoms with E-state index >= 15 is 0 Å². The van der Waals surface area contributed by atoms with Crippen LogP contribution >= 0.6 is 0 Å². The van der Waals surface area contributed by atoms with Gasteiger partial charge in [-0.15, -0.1) is 0 Å². The van der Waals surface area contributed by atoms with Crippen LogP contribution in [0.3, 0.4) is 0 Å². The van der Waals surface area contributed by atoms with Crippen molar-refractivity contribution in [3.8, 4) is 0 Å². The molecule has 2 heterocycles. The minimum atomic E-state index is -3.43. The number of hydrogen-bond acceptors (Lipinski definition) is 6. The zero-order chi connectivity index (χ0) is 20.9. The summed E-state index contributed by atoms with van der Waals surface area (Å²) in [7, 11) is 0.375. The number of anilines is 2. The highest BCUT2D eigenvalue weighted by atomic mass is 32.2. The van der Waals surface area contributed by atoms with Crippen LogP contribution in [0.25, 0.3) is 0 Å². The van der Waals surface area contributed by atoms with E-state index in [1.54, 1.807) is 18.3 Å². The Morgan fingerprint density at radius 1 is 1.10 bits per heavy atom. The molecule has 0 radical (unpaired) electrons. The predicted octanol–water partition coefficient (Wildman–Crippen LogP) is 1.03. The minimum absolute atomic E-state index is 0.0772. The first-order chi connectivity index (χ1) is 13.9. The summed E-state index contributed by atoms with van der Waals surface area (Å²) >= 11 is 0. The Kier molecular flexibility index (Phi) is 6.71. The molecule has 0 unspecified atom stereocenters. The van der Waals surface area contributed by atoms with Gasteiger partial charge < -0.3 is 15.1 Å². The summed E-state index contributed by atoms with van der Waals surface area (Å²) in [6.07, 6.45) is 1.73. The molecule has 0 bridgehead atoms. The number of carbonyl (C=O) groups is 1. The van der Waals surface area contributed by atoms with E-state index in [2.05, 4.69) is 15.2 Å². The van der Waals surface area contributed by atoms with Crippen LogP contribution in [-0.2, 0) is 10.0 Å². The first kappa shape index (κ1) is 21.1. The molecule has 1 aromatic carbocycles. The summed E-state index contributed by atoms with van der Waals surface area (Å²) < 4.78 is 26.7. The van der Waals surface area contributed by atoms with Gasteiger partial charge in [-0.05, 0) is 30.3 Å². The van der Waals surface area contributed by atoms with Crippen LogP contribution in [-0.4, -0.2) is 76.2 Å². The van der Waals surface area contributed by atoms with Crippen LogP contribution < -0.4 is 15.1 Å². The van der Waals surface area contributed by atoms with E-state index in [4.69, 9.17) is 0 Å². The molecule has 1 aliphatic rings. The van der Waals surface area contributed by atoms with E-state index in [0.29, 0.717) is 31.7 Å². The molecule has 1 aliphatic heterocycles. The van der Waals surface area contributed by atoms with Crippen molar-refractivity contribution in [3.05, 3.63) is 54.2 Å². The monoisotopic (exact) mass is 417 g/mol. The van der Waals surface area contributed by atoms with Gasteiger partial charge in [0.25, 0.3) is 5.91 Å². The smallest absolute Gasteiger partial charge is 0.251 e. The number of nitrogens with zero attached hydrogens (tertiary/aromatic N) is 4. The average Bonchev–Trinajstić information content (AvgIpc) is 2.74. The second kappa shape index (κ2) is 9.23. The Morgan fingerprint density at radius 2 is 1.86 bits per heavy atom. The zero-order valence-corrected chi connectivity index (χ0v) is 17.6. The maximum absolute atomic E-state index is 12.6. The van der Waals surface area contributed by atoms with Gasteiger partial charge in [-0.3, -0.25) is 4.79 Å². The fraction of sp³-hybridized carbons (Fsp3) is 0.400. The summed E-state index contributed by atoms with van der Waals surface area (Å²) in [6.45, 7) is 2.10. The lowest BCUT2D eigenvalue weighted by molar-refractivity contribution is 0.0956. The third-order valence-corrected chi connectivity index (χ3v) is 6.75. The van der Waals surface area contributed by atoms with Gasteiger partial charge in [0.2, 0.25) is 10.0 Å². The van der Waals surface area contributed by atoms with E-state index in [0.717, 1.165) is 11.5 Å². The van der Waals surface area contributed by atoms with Crippen molar-refractivity contribution in [3.63, 3.8) is 0 Å². The van der Waals surface area contributed by atoms with Crippen molar-refractivity contribution in [2.75, 3.05) is 62.4 Å². The fourth-order valence-corrected chi connectivity index (χ4v) is 4.52. The van der Waals surface area contributed by atoms with E-state index in [-0.39, 0.29) is 18.2 Å². The molecule has 1 N–H and O–H groups in total. The molecule has 1 amide bonds. The van der Waals surface area contributed by atoms with E-state index in [1.807, 2.05) is 49.3 Å². The Hall–Kier alpha value is -2.65. The van der Waals surface area contributed by atoms with Gasteiger partial charge in [-0.2, -0.15) is 4.31 Å². The van der Waals surface area contributed by atoms with Crippen molar-refractivity contribution >= 4 is 27.4 Å². The van der Waals surface area contributed by atoms with Gasteiger partial charge in [0.15, 0.2) is 0 Å². The lowest BCUT2D eigenvalue weighted by Gasteiger charge is -2.34. The molecule has 8 nitrogen and oxygen atoms in total. The fourth-order valence-electron chi connectivity index (χ4n) is 3.19. The topological polar surface area (TPSA) is 85.8 Å². The lowest BCUT2D eigenvalue weighted by atomic mass is 10.2. The molecule has 29 heavy (non-hydrogen) atoms. The van der Waals surface area contributed by atoms with Crippen molar-refractivity contribution in [2.24, 2.45) is 0 Å².